The van der Waals surface area contributed by atoms with Gasteiger partial charge in [0.2, 0.25) is 6.79 Å². The number of fused-ring (bicyclic) bond motifs is 1. The normalized spacial score (nSPS) is 14.0. The first-order valence-corrected chi connectivity index (χ1v) is 7.62. The van der Waals surface area contributed by atoms with Gasteiger partial charge in [0.05, 0.1) is 11.7 Å². The summed E-state index contributed by atoms with van der Waals surface area (Å²) in [4.78, 5) is 11.9. The van der Waals surface area contributed by atoms with E-state index in [1.165, 1.54) is 12.1 Å². The lowest BCUT2D eigenvalue weighted by Gasteiger charge is -2.14. The Morgan fingerprint density at radius 1 is 1.12 bits per heavy atom. The number of halogens is 3. The summed E-state index contributed by atoms with van der Waals surface area (Å²) in [5.41, 5.74) is -0.0703. The smallest absolute Gasteiger partial charge is 0.416 e. The van der Waals surface area contributed by atoms with Crippen molar-refractivity contribution in [3.8, 4) is 11.5 Å². The van der Waals surface area contributed by atoms with Crippen molar-refractivity contribution in [2.24, 2.45) is 0 Å². The number of urea groups is 1. The van der Waals surface area contributed by atoms with Gasteiger partial charge < -0.3 is 25.2 Å². The molecule has 0 saturated carbocycles. The van der Waals surface area contributed by atoms with Gasteiger partial charge in [0.15, 0.2) is 11.5 Å². The van der Waals surface area contributed by atoms with Crippen LogP contribution in [0.5, 0.6) is 11.5 Å². The predicted octanol–water partition coefficient (Wildman–Crippen LogP) is 3.29. The molecule has 1 aliphatic heterocycles. The lowest BCUT2D eigenvalue weighted by molar-refractivity contribution is -0.137. The maximum absolute atomic E-state index is 12.5. The first-order chi connectivity index (χ1) is 12.3. The fourth-order valence-electron chi connectivity index (χ4n) is 2.35. The van der Waals surface area contributed by atoms with Crippen LogP contribution in [0.2, 0.25) is 0 Å². The number of rotatable bonds is 4. The van der Waals surface area contributed by atoms with Crippen LogP contribution in [-0.4, -0.2) is 24.5 Å². The Kier molecular flexibility index (Phi) is 4.90. The van der Waals surface area contributed by atoms with Gasteiger partial charge in [-0.3, -0.25) is 0 Å². The molecule has 0 aromatic heterocycles. The van der Waals surface area contributed by atoms with E-state index >= 15 is 0 Å². The maximum Gasteiger partial charge on any atom is 0.416 e. The molecule has 0 radical (unpaired) electrons. The largest absolute Gasteiger partial charge is 0.454 e. The molecule has 2 aromatic carbocycles. The van der Waals surface area contributed by atoms with Gasteiger partial charge in [-0.2, -0.15) is 13.2 Å². The number of nitrogens with one attached hydrogen (secondary N) is 2. The molecule has 3 rings (SSSR count). The number of anilines is 1. The van der Waals surface area contributed by atoms with E-state index < -0.39 is 23.9 Å². The monoisotopic (exact) mass is 368 g/mol. The zero-order valence-electron chi connectivity index (χ0n) is 13.3. The van der Waals surface area contributed by atoms with Gasteiger partial charge in [-0.05, 0) is 29.8 Å². The number of carbonyl (C=O) groups is 1. The molecule has 0 fully saturated rings. The number of hydrogen-bond acceptors (Lipinski definition) is 4. The summed E-state index contributed by atoms with van der Waals surface area (Å²) in [6.45, 7) is -0.0495. The molecule has 2 aromatic rings. The lowest BCUT2D eigenvalue weighted by atomic mass is 10.1. The third-order valence-electron chi connectivity index (χ3n) is 3.71. The second kappa shape index (κ2) is 7.12. The van der Waals surface area contributed by atoms with Crippen molar-refractivity contribution in [3.05, 3.63) is 53.6 Å². The minimum Gasteiger partial charge on any atom is -0.454 e. The highest BCUT2D eigenvalue weighted by Crippen LogP contribution is 2.34. The molecular formula is C17H15F3N2O4. The Hall–Kier alpha value is -2.94. The van der Waals surface area contributed by atoms with Gasteiger partial charge in [-0.15, -0.1) is 0 Å². The molecule has 6 nitrogen and oxygen atoms in total. The van der Waals surface area contributed by atoms with Crippen molar-refractivity contribution in [1.29, 1.82) is 0 Å². The summed E-state index contributed by atoms with van der Waals surface area (Å²) >= 11 is 0. The third-order valence-corrected chi connectivity index (χ3v) is 3.71. The van der Waals surface area contributed by atoms with Crippen LogP contribution in [0, 0.1) is 0 Å². The number of hydrogen-bond donors (Lipinski definition) is 3. The van der Waals surface area contributed by atoms with E-state index in [9.17, 15) is 23.1 Å². The zero-order chi connectivity index (χ0) is 18.7. The highest BCUT2D eigenvalue weighted by molar-refractivity contribution is 5.89. The van der Waals surface area contributed by atoms with Crippen LogP contribution in [0.15, 0.2) is 42.5 Å². The van der Waals surface area contributed by atoms with Gasteiger partial charge >= 0.3 is 12.2 Å². The van der Waals surface area contributed by atoms with E-state index in [2.05, 4.69) is 10.6 Å². The fraction of sp³-hybridized carbons (Fsp3) is 0.235. The van der Waals surface area contributed by atoms with Gasteiger partial charge in [-0.25, -0.2) is 4.79 Å². The van der Waals surface area contributed by atoms with Gasteiger partial charge in [0, 0.05) is 18.3 Å². The van der Waals surface area contributed by atoms with E-state index in [0.29, 0.717) is 17.2 Å². The van der Waals surface area contributed by atoms with Gasteiger partial charge in [0.25, 0.3) is 0 Å². The number of benzene rings is 2. The van der Waals surface area contributed by atoms with E-state index in [-0.39, 0.29) is 18.9 Å². The molecule has 138 valence electrons. The number of aliphatic hydroxyl groups excluding tert-OH is 1. The number of alkyl halides is 3. The Morgan fingerprint density at radius 3 is 2.50 bits per heavy atom. The molecule has 9 heteroatoms. The van der Waals surface area contributed by atoms with Crippen molar-refractivity contribution < 1.29 is 32.5 Å². The number of amides is 2. The summed E-state index contributed by atoms with van der Waals surface area (Å²) in [5.74, 6) is 1.08. The minimum atomic E-state index is -4.44. The summed E-state index contributed by atoms with van der Waals surface area (Å²) < 4.78 is 47.9. The topological polar surface area (TPSA) is 79.8 Å². The Morgan fingerprint density at radius 2 is 1.81 bits per heavy atom. The van der Waals surface area contributed by atoms with Crippen LogP contribution >= 0.6 is 0 Å². The van der Waals surface area contributed by atoms with E-state index in [4.69, 9.17) is 9.47 Å². The minimum absolute atomic E-state index is 0.115. The summed E-state index contributed by atoms with van der Waals surface area (Å²) in [7, 11) is 0. The number of ether oxygens (including phenoxy) is 2. The molecule has 3 N–H and O–H groups in total. The van der Waals surface area contributed by atoms with Crippen molar-refractivity contribution in [2.45, 2.75) is 12.3 Å². The van der Waals surface area contributed by atoms with E-state index in [0.717, 1.165) is 12.1 Å². The molecule has 0 aliphatic carbocycles. The van der Waals surface area contributed by atoms with Crippen LogP contribution in [0.25, 0.3) is 0 Å². The lowest BCUT2D eigenvalue weighted by Crippen LogP contribution is -2.32. The van der Waals surface area contributed by atoms with Crippen LogP contribution < -0.4 is 20.1 Å². The first kappa shape index (κ1) is 17.9. The predicted molar refractivity (Wildman–Crippen MR) is 86.0 cm³/mol. The zero-order valence-corrected chi connectivity index (χ0v) is 13.3. The van der Waals surface area contributed by atoms with Crippen molar-refractivity contribution in [2.75, 3.05) is 18.7 Å². The van der Waals surface area contributed by atoms with E-state index in [1.54, 1.807) is 18.2 Å². The Balaban J connectivity index is 1.52. The number of aliphatic hydroxyl groups is 1. The molecule has 2 amide bonds. The van der Waals surface area contributed by atoms with Crippen molar-refractivity contribution >= 4 is 11.7 Å². The molecular weight excluding hydrogens is 353 g/mol. The maximum atomic E-state index is 12.5. The molecule has 0 spiro atoms. The quantitative estimate of drug-likeness (QED) is 0.774. The first-order valence-electron chi connectivity index (χ1n) is 7.62. The number of carbonyl (C=O) groups excluding carboxylic acids is 1. The molecule has 0 saturated heterocycles. The summed E-state index contributed by atoms with van der Waals surface area (Å²) in [6, 6.07) is 8.39. The third kappa shape index (κ3) is 4.17. The second-order valence-corrected chi connectivity index (χ2v) is 5.54. The Bertz CT molecular complexity index is 794. The van der Waals surface area contributed by atoms with Crippen LogP contribution in [0.1, 0.15) is 17.2 Å². The summed E-state index contributed by atoms with van der Waals surface area (Å²) in [5, 5.41) is 15.0. The highest BCUT2D eigenvalue weighted by Gasteiger charge is 2.30. The van der Waals surface area contributed by atoms with Gasteiger partial charge in [0.1, 0.15) is 0 Å². The highest BCUT2D eigenvalue weighted by atomic mass is 19.4. The average molecular weight is 368 g/mol. The Labute approximate surface area is 146 Å². The summed E-state index contributed by atoms with van der Waals surface area (Å²) in [6.07, 6.45) is -5.58. The molecule has 1 atom stereocenters. The van der Waals surface area contributed by atoms with Crippen LogP contribution in [0.3, 0.4) is 0 Å². The molecule has 1 heterocycles. The standard InChI is InChI=1S/C17H15F3N2O4/c18-17(19,20)11-3-1-10(2-4-11)13(23)8-21-16(24)22-12-5-6-14-15(7-12)26-9-25-14/h1-7,13,23H,8-9H2,(H2,21,22,24)/t13-/m1/s1. The van der Waals surface area contributed by atoms with Crippen molar-refractivity contribution in [3.63, 3.8) is 0 Å². The van der Waals surface area contributed by atoms with Crippen molar-refractivity contribution in [1.82, 2.24) is 5.32 Å². The van der Waals surface area contributed by atoms with Crippen LogP contribution in [0.4, 0.5) is 23.7 Å². The fourth-order valence-corrected chi connectivity index (χ4v) is 2.35. The van der Waals surface area contributed by atoms with Gasteiger partial charge in [-0.1, -0.05) is 12.1 Å². The van der Waals surface area contributed by atoms with Crippen LogP contribution in [-0.2, 0) is 6.18 Å². The van der Waals surface area contributed by atoms with E-state index in [1.807, 2.05) is 0 Å². The average Bonchev–Trinajstić information content (AvgIpc) is 3.07. The molecule has 26 heavy (non-hydrogen) atoms. The second-order valence-electron chi connectivity index (χ2n) is 5.54. The molecule has 0 unspecified atom stereocenters. The SMILES string of the molecule is O=C(NC[C@@H](O)c1ccc(C(F)(F)F)cc1)Nc1ccc2c(c1)OCO2. The molecule has 0 bridgehead atoms. The molecule has 1 aliphatic rings.